The first-order chi connectivity index (χ1) is 9.18. The van der Waals surface area contributed by atoms with E-state index >= 15 is 0 Å². The molecule has 0 radical (unpaired) electrons. The van der Waals surface area contributed by atoms with Gasteiger partial charge in [-0.1, -0.05) is 45.4 Å². The van der Waals surface area contributed by atoms with Crippen molar-refractivity contribution in [2.24, 2.45) is 11.3 Å². The molecule has 0 bridgehead atoms. The number of benzene rings is 1. The smallest absolute Gasteiger partial charge is 0.228 e. The zero-order valence-electron chi connectivity index (χ0n) is 12.4. The molecular formula is C16H21Cl2NO. The number of alkyl halides is 1. The largest absolute Gasteiger partial charge is 0.325 e. The van der Waals surface area contributed by atoms with E-state index in [2.05, 4.69) is 33.0 Å². The van der Waals surface area contributed by atoms with Gasteiger partial charge in [0.25, 0.3) is 0 Å². The van der Waals surface area contributed by atoms with Crippen LogP contribution in [-0.2, 0) is 11.2 Å². The van der Waals surface area contributed by atoms with Crippen molar-refractivity contribution in [1.29, 1.82) is 0 Å². The fourth-order valence-corrected chi connectivity index (χ4v) is 3.10. The van der Waals surface area contributed by atoms with E-state index in [9.17, 15) is 4.79 Å². The van der Waals surface area contributed by atoms with Gasteiger partial charge in [0, 0.05) is 10.7 Å². The van der Waals surface area contributed by atoms with Crippen molar-refractivity contribution in [3.05, 3.63) is 28.3 Å². The van der Waals surface area contributed by atoms with E-state index in [0.29, 0.717) is 17.4 Å². The molecule has 0 fully saturated rings. The van der Waals surface area contributed by atoms with E-state index < -0.39 is 0 Å². The van der Waals surface area contributed by atoms with Crippen LogP contribution < -0.4 is 5.32 Å². The van der Waals surface area contributed by atoms with Crippen LogP contribution in [0.4, 0.5) is 5.69 Å². The Kier molecular flexibility index (Phi) is 4.36. The first-order valence-corrected chi connectivity index (χ1v) is 7.76. The molecule has 1 aliphatic rings. The Labute approximate surface area is 130 Å². The van der Waals surface area contributed by atoms with Crippen molar-refractivity contribution in [2.75, 3.05) is 5.32 Å². The molecule has 0 saturated heterocycles. The molecule has 1 heterocycles. The lowest BCUT2D eigenvalue weighted by Gasteiger charge is -2.29. The molecule has 2 rings (SSSR count). The molecule has 0 saturated carbocycles. The molecule has 4 heteroatoms. The highest BCUT2D eigenvalue weighted by Crippen LogP contribution is 2.41. The summed E-state index contributed by atoms with van der Waals surface area (Å²) in [5.41, 5.74) is 2.95. The van der Waals surface area contributed by atoms with Gasteiger partial charge in [0.05, 0.1) is 11.8 Å². The molecule has 110 valence electrons. The zero-order valence-corrected chi connectivity index (χ0v) is 13.9. The zero-order chi connectivity index (χ0) is 15.1. The second-order valence-electron chi connectivity index (χ2n) is 6.73. The third kappa shape index (κ3) is 3.29. The number of hydrogen-bond donors (Lipinski definition) is 1. The Morgan fingerprint density at radius 1 is 1.35 bits per heavy atom. The number of anilines is 1. The minimum absolute atomic E-state index is 0.0161. The number of nitrogens with one attached hydrogen (secondary N) is 1. The highest BCUT2D eigenvalue weighted by atomic mass is 35.5. The van der Waals surface area contributed by atoms with Gasteiger partial charge in [-0.15, -0.1) is 11.6 Å². The van der Waals surface area contributed by atoms with Gasteiger partial charge in [-0.25, -0.2) is 0 Å². The summed E-state index contributed by atoms with van der Waals surface area (Å²) >= 11 is 12.9. The van der Waals surface area contributed by atoms with Crippen molar-refractivity contribution in [3.8, 4) is 0 Å². The quantitative estimate of drug-likeness (QED) is 0.765. The van der Waals surface area contributed by atoms with Crippen LogP contribution in [0.1, 0.15) is 50.6 Å². The lowest BCUT2D eigenvalue weighted by Crippen LogP contribution is -2.18. The molecule has 1 amide bonds. The molecule has 0 spiro atoms. The number of fused-ring (bicyclic) bond motifs is 1. The molecule has 1 aromatic carbocycles. The van der Waals surface area contributed by atoms with E-state index in [0.717, 1.165) is 23.2 Å². The SMILES string of the molecule is CC(CC(Cl)c1cc2c(cc1Cl)NC(=O)C2)C(C)(C)C. The van der Waals surface area contributed by atoms with Crippen molar-refractivity contribution in [1.82, 2.24) is 0 Å². The molecule has 0 aliphatic carbocycles. The van der Waals surface area contributed by atoms with Crippen LogP contribution in [0.2, 0.25) is 5.02 Å². The second-order valence-corrected chi connectivity index (χ2v) is 7.66. The van der Waals surface area contributed by atoms with Gasteiger partial charge >= 0.3 is 0 Å². The average molecular weight is 314 g/mol. The average Bonchev–Trinajstić information content (AvgIpc) is 2.65. The van der Waals surface area contributed by atoms with Crippen molar-refractivity contribution in [2.45, 2.75) is 45.9 Å². The number of hydrogen-bond acceptors (Lipinski definition) is 1. The van der Waals surface area contributed by atoms with E-state index in [1.54, 1.807) is 0 Å². The molecule has 2 atom stereocenters. The third-order valence-electron chi connectivity index (χ3n) is 4.22. The summed E-state index contributed by atoms with van der Waals surface area (Å²) in [6.07, 6.45) is 1.28. The standard InChI is InChI=1S/C16H21Cl2NO/c1-9(16(2,3)4)5-12(17)11-6-10-7-15(20)19-14(10)8-13(11)18/h6,8-9,12H,5,7H2,1-4H3,(H,19,20). The maximum atomic E-state index is 11.4. The molecule has 2 nitrogen and oxygen atoms in total. The normalized spacial score (nSPS) is 17.6. The monoisotopic (exact) mass is 313 g/mol. The number of halogens is 2. The summed E-state index contributed by atoms with van der Waals surface area (Å²) in [4.78, 5) is 11.4. The van der Waals surface area contributed by atoms with Gasteiger partial charge < -0.3 is 5.32 Å². The number of carbonyl (C=O) groups excluding carboxylic acids is 1. The Morgan fingerprint density at radius 3 is 2.60 bits per heavy atom. The first kappa shape index (κ1) is 15.7. The molecule has 1 N–H and O–H groups in total. The van der Waals surface area contributed by atoms with Gasteiger partial charge in [-0.05, 0) is 34.9 Å². The molecule has 1 aliphatic heterocycles. The Bertz CT molecular complexity index is 534. The van der Waals surface area contributed by atoms with E-state index in [4.69, 9.17) is 23.2 Å². The van der Waals surface area contributed by atoms with Crippen LogP contribution in [-0.4, -0.2) is 5.91 Å². The van der Waals surface area contributed by atoms with Gasteiger partial charge in [-0.2, -0.15) is 0 Å². The third-order valence-corrected chi connectivity index (χ3v) is 4.96. The lowest BCUT2D eigenvalue weighted by atomic mass is 9.79. The van der Waals surface area contributed by atoms with E-state index in [1.807, 2.05) is 12.1 Å². The molecule has 20 heavy (non-hydrogen) atoms. The first-order valence-electron chi connectivity index (χ1n) is 6.94. The maximum absolute atomic E-state index is 11.4. The van der Waals surface area contributed by atoms with Crippen LogP contribution in [0.5, 0.6) is 0 Å². The van der Waals surface area contributed by atoms with Gasteiger partial charge in [0.15, 0.2) is 0 Å². The fraction of sp³-hybridized carbons (Fsp3) is 0.562. The summed E-state index contributed by atoms with van der Waals surface area (Å²) in [6, 6.07) is 3.79. The summed E-state index contributed by atoms with van der Waals surface area (Å²) < 4.78 is 0. The lowest BCUT2D eigenvalue weighted by molar-refractivity contribution is -0.115. The van der Waals surface area contributed by atoms with Crippen molar-refractivity contribution < 1.29 is 4.79 Å². The summed E-state index contributed by atoms with van der Waals surface area (Å²) in [5, 5.41) is 3.31. The van der Waals surface area contributed by atoms with E-state index in [-0.39, 0.29) is 16.7 Å². The van der Waals surface area contributed by atoms with Crippen LogP contribution in [0.25, 0.3) is 0 Å². The van der Waals surface area contributed by atoms with Gasteiger partial charge in [-0.3, -0.25) is 4.79 Å². The Hall–Kier alpha value is -0.730. The highest BCUT2D eigenvalue weighted by Gasteiger charge is 2.26. The van der Waals surface area contributed by atoms with Crippen LogP contribution in [0.3, 0.4) is 0 Å². The molecule has 0 aromatic heterocycles. The summed E-state index contributed by atoms with van der Waals surface area (Å²) in [5.74, 6) is 0.497. The van der Waals surface area contributed by atoms with Gasteiger partial charge in [0.1, 0.15) is 0 Å². The fourth-order valence-electron chi connectivity index (χ4n) is 2.30. The predicted molar refractivity (Wildman–Crippen MR) is 85.6 cm³/mol. The maximum Gasteiger partial charge on any atom is 0.228 e. The summed E-state index contributed by atoms with van der Waals surface area (Å²) in [6.45, 7) is 8.86. The van der Waals surface area contributed by atoms with E-state index in [1.165, 1.54) is 0 Å². The molecule has 1 aromatic rings. The minimum atomic E-state index is -0.127. The Morgan fingerprint density at radius 2 is 2.00 bits per heavy atom. The van der Waals surface area contributed by atoms with Gasteiger partial charge in [0.2, 0.25) is 5.91 Å². The molecule has 2 unspecified atom stereocenters. The van der Waals surface area contributed by atoms with Crippen LogP contribution >= 0.6 is 23.2 Å². The van der Waals surface area contributed by atoms with Crippen LogP contribution in [0.15, 0.2) is 12.1 Å². The number of rotatable bonds is 3. The topological polar surface area (TPSA) is 29.1 Å². The minimum Gasteiger partial charge on any atom is -0.325 e. The van der Waals surface area contributed by atoms with Crippen LogP contribution in [0, 0.1) is 11.3 Å². The second kappa shape index (κ2) is 5.57. The molecular weight excluding hydrogens is 293 g/mol. The van der Waals surface area contributed by atoms with Crippen molar-refractivity contribution >= 4 is 34.8 Å². The van der Waals surface area contributed by atoms with Crippen molar-refractivity contribution in [3.63, 3.8) is 0 Å². The highest BCUT2D eigenvalue weighted by molar-refractivity contribution is 6.33. The number of carbonyl (C=O) groups is 1. The summed E-state index contributed by atoms with van der Waals surface area (Å²) in [7, 11) is 0. The Balaban J connectivity index is 2.21. The predicted octanol–water partition coefficient (Wildman–Crippen LogP) is 5.19. The number of amides is 1.